The fourth-order valence-electron chi connectivity index (χ4n) is 7.74. The first-order chi connectivity index (χ1) is 19.8. The van der Waals surface area contributed by atoms with Gasteiger partial charge in [0.05, 0.1) is 33.2 Å². The Hall–Kier alpha value is -4.42. The van der Waals surface area contributed by atoms with Gasteiger partial charge in [0, 0.05) is 4.90 Å². The van der Waals surface area contributed by atoms with E-state index in [1.165, 1.54) is 4.90 Å². The fourth-order valence-corrected chi connectivity index (χ4v) is 9.89. The van der Waals surface area contributed by atoms with Crippen molar-refractivity contribution in [2.45, 2.75) is 23.5 Å². The summed E-state index contributed by atoms with van der Waals surface area (Å²) in [6.07, 6.45) is 0. The zero-order chi connectivity index (χ0) is 28.6. The van der Waals surface area contributed by atoms with Gasteiger partial charge in [-0.05, 0) is 60.4 Å². The van der Waals surface area contributed by atoms with Crippen molar-refractivity contribution < 1.29 is 18.6 Å². The van der Waals surface area contributed by atoms with Crippen molar-refractivity contribution in [3.05, 3.63) is 132 Å². The number of amides is 2. The Balaban J connectivity index is 1.62. The number of hydrogen-bond acceptors (Lipinski definition) is 4. The number of imide groups is 1. The predicted molar refractivity (Wildman–Crippen MR) is 159 cm³/mol. The topological polar surface area (TPSA) is 71.5 Å². The first-order valence-electron chi connectivity index (χ1n) is 13.6. The third-order valence-electron chi connectivity index (χ3n) is 9.30. The molecule has 1 saturated carbocycles. The molecule has 202 valence electrons. The summed E-state index contributed by atoms with van der Waals surface area (Å²) >= 11 is 0. The zero-order valence-electron chi connectivity index (χ0n) is 22.6. The molecule has 0 N–H and O–H groups in total. The maximum absolute atomic E-state index is 15.0. The number of para-hydroxylation sites is 1. The van der Waals surface area contributed by atoms with Crippen LogP contribution in [-0.2, 0) is 25.2 Å². The van der Waals surface area contributed by atoms with Gasteiger partial charge in [-0.1, -0.05) is 97.1 Å². The Morgan fingerprint density at radius 1 is 0.634 bits per heavy atom. The smallest absolute Gasteiger partial charge is 0.255 e. The number of carbonyl (C=O) groups is 3. The summed E-state index contributed by atoms with van der Waals surface area (Å²) in [4.78, 5) is 46.2. The highest BCUT2D eigenvalue weighted by Crippen LogP contribution is 2.77. The monoisotopic (exact) mass is 557 g/mol. The van der Waals surface area contributed by atoms with Gasteiger partial charge in [-0.25, -0.2) is 4.90 Å². The SMILES string of the molecule is CC12C(=O)C(C)(C(c3ccccc3)=C1c1ccccc1)C1(S(=O)c3ccccc3)C(=O)N(c3ccccc3)C(=O)C21. The number of hydrogen-bond donors (Lipinski definition) is 0. The summed E-state index contributed by atoms with van der Waals surface area (Å²) in [5.41, 5.74) is 0.406. The van der Waals surface area contributed by atoms with Crippen LogP contribution in [0.4, 0.5) is 5.69 Å². The lowest BCUT2D eigenvalue weighted by Gasteiger charge is -2.44. The number of benzene rings is 4. The second-order valence-electron chi connectivity index (χ2n) is 11.2. The molecule has 2 fully saturated rings. The Kier molecular flexibility index (Phi) is 5.47. The third-order valence-corrected chi connectivity index (χ3v) is 11.4. The maximum Gasteiger partial charge on any atom is 0.255 e. The van der Waals surface area contributed by atoms with Crippen molar-refractivity contribution in [2.24, 2.45) is 16.7 Å². The van der Waals surface area contributed by atoms with Gasteiger partial charge in [0.25, 0.3) is 5.91 Å². The molecule has 5 atom stereocenters. The summed E-state index contributed by atoms with van der Waals surface area (Å²) < 4.78 is 13.2. The average Bonchev–Trinajstić information content (AvgIpc) is 3.44. The summed E-state index contributed by atoms with van der Waals surface area (Å²) in [7, 11) is -2.05. The van der Waals surface area contributed by atoms with E-state index in [0.29, 0.717) is 16.2 Å². The Morgan fingerprint density at radius 2 is 1.10 bits per heavy atom. The van der Waals surface area contributed by atoms with Gasteiger partial charge in [0.15, 0.2) is 10.5 Å². The zero-order valence-corrected chi connectivity index (χ0v) is 23.4. The number of rotatable bonds is 5. The second kappa shape index (κ2) is 8.79. The van der Waals surface area contributed by atoms with Crippen LogP contribution in [0.3, 0.4) is 0 Å². The van der Waals surface area contributed by atoms with Crippen LogP contribution < -0.4 is 4.90 Å². The van der Waals surface area contributed by atoms with E-state index in [2.05, 4.69) is 0 Å². The average molecular weight is 558 g/mol. The molecule has 1 heterocycles. The molecule has 4 aromatic rings. The molecule has 2 aliphatic carbocycles. The molecule has 41 heavy (non-hydrogen) atoms. The van der Waals surface area contributed by atoms with Gasteiger partial charge in [-0.2, -0.15) is 0 Å². The van der Waals surface area contributed by atoms with Crippen LogP contribution in [0.2, 0.25) is 0 Å². The van der Waals surface area contributed by atoms with Crippen LogP contribution in [0.5, 0.6) is 0 Å². The number of Topliss-reactive ketones (excluding diaryl/α,β-unsaturated/α-hetero) is 1. The minimum Gasteiger partial charge on any atom is -0.298 e. The highest BCUT2D eigenvalue weighted by molar-refractivity contribution is 7.87. The van der Waals surface area contributed by atoms with Gasteiger partial charge in [0.1, 0.15) is 0 Å². The van der Waals surface area contributed by atoms with E-state index >= 15 is 4.21 Å². The molecule has 2 amide bonds. The Labute approximate surface area is 241 Å². The van der Waals surface area contributed by atoms with E-state index in [1.54, 1.807) is 62.4 Å². The molecule has 5 nitrogen and oxygen atoms in total. The summed E-state index contributed by atoms with van der Waals surface area (Å²) in [5.74, 6) is -2.50. The normalized spacial score (nSPS) is 29.3. The molecular weight excluding hydrogens is 530 g/mol. The standard InChI is InChI=1S/C35H27NO4S/c1-33-27(23-15-7-3-8-16-23)28(24-17-9-4-10-18-24)34(2,31(33)38)35(41(40)26-21-13-6-14-22-26)29(33)30(37)36(32(35)39)25-19-11-5-12-20-25/h3-22,29H,1-2H3. The number of carbonyl (C=O) groups excluding carboxylic acids is 3. The molecule has 4 aromatic carbocycles. The lowest BCUT2D eigenvalue weighted by Crippen LogP contribution is -2.58. The largest absolute Gasteiger partial charge is 0.298 e. The number of allylic oxidation sites excluding steroid dienone is 2. The van der Waals surface area contributed by atoms with Crippen LogP contribution >= 0.6 is 0 Å². The number of ketones is 1. The van der Waals surface area contributed by atoms with Crippen molar-refractivity contribution in [1.82, 2.24) is 0 Å². The molecule has 2 bridgehead atoms. The predicted octanol–water partition coefficient (Wildman–Crippen LogP) is 5.94. The maximum atomic E-state index is 15.0. The molecule has 0 aromatic heterocycles. The Morgan fingerprint density at radius 3 is 1.63 bits per heavy atom. The fraction of sp³-hybridized carbons (Fsp3) is 0.171. The number of fused-ring (bicyclic) bond motifs is 5. The van der Waals surface area contributed by atoms with Gasteiger partial charge in [0.2, 0.25) is 5.91 Å². The second-order valence-corrected chi connectivity index (χ2v) is 12.9. The van der Waals surface area contributed by atoms with E-state index < -0.39 is 44.1 Å². The molecule has 1 aliphatic heterocycles. The van der Waals surface area contributed by atoms with E-state index in [0.717, 1.165) is 16.7 Å². The van der Waals surface area contributed by atoms with Crippen molar-refractivity contribution in [2.75, 3.05) is 4.90 Å². The van der Waals surface area contributed by atoms with Gasteiger partial charge in [-0.3, -0.25) is 18.6 Å². The minimum absolute atomic E-state index is 0.244. The first kappa shape index (κ1) is 25.5. The molecule has 3 aliphatic rings. The quantitative estimate of drug-likeness (QED) is 0.285. The lowest BCUT2D eigenvalue weighted by atomic mass is 9.62. The number of nitrogens with zero attached hydrogens (tertiary/aromatic N) is 1. The van der Waals surface area contributed by atoms with Crippen LogP contribution in [0.15, 0.2) is 126 Å². The van der Waals surface area contributed by atoms with Gasteiger partial charge >= 0.3 is 0 Å². The highest BCUT2D eigenvalue weighted by Gasteiger charge is 2.88. The van der Waals surface area contributed by atoms with Crippen molar-refractivity contribution in [3.8, 4) is 0 Å². The van der Waals surface area contributed by atoms with E-state index in [-0.39, 0.29) is 5.78 Å². The molecule has 6 heteroatoms. The molecule has 5 unspecified atom stereocenters. The van der Waals surface area contributed by atoms with Gasteiger partial charge < -0.3 is 0 Å². The van der Waals surface area contributed by atoms with Crippen molar-refractivity contribution in [1.29, 1.82) is 0 Å². The number of anilines is 1. The van der Waals surface area contributed by atoms with E-state index in [4.69, 9.17) is 0 Å². The molecule has 0 spiro atoms. The first-order valence-corrected chi connectivity index (χ1v) is 14.8. The molecule has 7 rings (SSSR count). The minimum atomic E-state index is -2.05. The van der Waals surface area contributed by atoms with Crippen LogP contribution in [0, 0.1) is 16.7 Å². The molecule has 0 radical (unpaired) electrons. The third kappa shape index (κ3) is 2.95. The van der Waals surface area contributed by atoms with Crippen molar-refractivity contribution in [3.63, 3.8) is 0 Å². The van der Waals surface area contributed by atoms with E-state index in [1.807, 2.05) is 72.8 Å². The van der Waals surface area contributed by atoms with Crippen molar-refractivity contribution >= 4 is 45.2 Å². The van der Waals surface area contributed by atoms with Crippen LogP contribution in [0.1, 0.15) is 25.0 Å². The summed E-state index contributed by atoms with van der Waals surface area (Å²) in [6, 6.07) is 36.6. The Bertz CT molecular complexity index is 1790. The van der Waals surface area contributed by atoms with Crippen LogP contribution in [0.25, 0.3) is 11.1 Å². The summed E-state index contributed by atoms with van der Waals surface area (Å²) in [6.45, 7) is 3.52. The van der Waals surface area contributed by atoms with E-state index in [9.17, 15) is 14.4 Å². The highest BCUT2D eigenvalue weighted by atomic mass is 32.2. The summed E-state index contributed by atoms with van der Waals surface area (Å²) in [5, 5.41) is 0. The molecular formula is C35H27NO4S. The lowest BCUT2D eigenvalue weighted by molar-refractivity contribution is -0.133. The van der Waals surface area contributed by atoms with Gasteiger partial charge in [-0.15, -0.1) is 0 Å². The van der Waals surface area contributed by atoms with Crippen LogP contribution in [-0.4, -0.2) is 26.6 Å². The molecule has 1 saturated heterocycles.